The van der Waals surface area contributed by atoms with Gasteiger partial charge in [0, 0.05) is 24.9 Å². The summed E-state index contributed by atoms with van der Waals surface area (Å²) in [6, 6.07) is 11.1. The Kier molecular flexibility index (Phi) is 4.81. The number of nitrogens with zero attached hydrogens (tertiary/aromatic N) is 2. The number of rotatable bonds is 4. The lowest BCUT2D eigenvalue weighted by molar-refractivity contribution is -0.116. The highest BCUT2D eigenvalue weighted by molar-refractivity contribution is 6.30. The maximum Gasteiger partial charge on any atom is 0.261 e. The molecule has 1 amide bonds. The fourth-order valence-corrected chi connectivity index (χ4v) is 2.68. The van der Waals surface area contributed by atoms with Crippen molar-refractivity contribution in [2.45, 2.75) is 12.8 Å². The Morgan fingerprint density at radius 3 is 2.80 bits per heavy atom. The zero-order valence-corrected chi connectivity index (χ0v) is 14.2. The van der Waals surface area contributed by atoms with E-state index in [-0.39, 0.29) is 35.0 Å². The fraction of sp³-hybridized carbons (Fsp3) is 0.167. The minimum absolute atomic E-state index is 0.0646. The van der Waals surface area contributed by atoms with E-state index < -0.39 is 5.82 Å². The largest absolute Gasteiger partial charge is 0.324 e. The molecule has 0 atom stereocenters. The van der Waals surface area contributed by atoms with Gasteiger partial charge in [0.15, 0.2) is 0 Å². The van der Waals surface area contributed by atoms with E-state index in [2.05, 4.69) is 10.3 Å². The van der Waals surface area contributed by atoms with Crippen molar-refractivity contribution < 1.29 is 9.18 Å². The Morgan fingerprint density at radius 2 is 2.04 bits per heavy atom. The molecule has 5 nitrogen and oxygen atoms in total. The average molecular weight is 360 g/mol. The average Bonchev–Trinajstić information content (AvgIpc) is 2.59. The van der Waals surface area contributed by atoms with Crippen LogP contribution in [0.25, 0.3) is 10.9 Å². The van der Waals surface area contributed by atoms with Crippen LogP contribution in [0, 0.1) is 5.82 Å². The van der Waals surface area contributed by atoms with Gasteiger partial charge in [-0.25, -0.2) is 9.37 Å². The van der Waals surface area contributed by atoms with E-state index in [0.29, 0.717) is 16.7 Å². The minimum Gasteiger partial charge on any atom is -0.324 e. The topological polar surface area (TPSA) is 64.0 Å². The maximum atomic E-state index is 13.7. The van der Waals surface area contributed by atoms with Crippen LogP contribution in [0.2, 0.25) is 5.02 Å². The fourth-order valence-electron chi connectivity index (χ4n) is 2.52. The number of para-hydroxylation sites is 1. The molecular formula is C18H15ClFN3O2. The summed E-state index contributed by atoms with van der Waals surface area (Å²) in [6.45, 7) is 0. The van der Waals surface area contributed by atoms with Crippen molar-refractivity contribution in [2.24, 2.45) is 7.05 Å². The Hall–Kier alpha value is -2.73. The molecule has 0 aliphatic rings. The molecule has 1 aromatic heterocycles. The molecule has 0 bridgehead atoms. The van der Waals surface area contributed by atoms with Crippen molar-refractivity contribution in [3.05, 3.63) is 69.5 Å². The van der Waals surface area contributed by atoms with E-state index in [0.717, 1.165) is 6.07 Å². The molecule has 3 aromatic rings. The minimum atomic E-state index is -0.600. The van der Waals surface area contributed by atoms with E-state index in [9.17, 15) is 14.0 Å². The van der Waals surface area contributed by atoms with Gasteiger partial charge in [-0.1, -0.05) is 23.7 Å². The Bertz CT molecular complexity index is 1020. The molecular weight excluding hydrogens is 345 g/mol. The molecule has 0 saturated carbocycles. The number of amides is 1. The predicted octanol–water partition coefficient (Wildman–Crippen LogP) is 3.30. The highest BCUT2D eigenvalue weighted by Crippen LogP contribution is 2.19. The Morgan fingerprint density at radius 1 is 1.28 bits per heavy atom. The molecule has 128 valence electrons. The van der Waals surface area contributed by atoms with Crippen molar-refractivity contribution in [2.75, 3.05) is 5.32 Å². The maximum absolute atomic E-state index is 13.7. The number of anilines is 1. The number of benzene rings is 2. The Balaban J connectivity index is 1.75. The van der Waals surface area contributed by atoms with Gasteiger partial charge in [0.1, 0.15) is 11.6 Å². The van der Waals surface area contributed by atoms with Crippen molar-refractivity contribution in [1.29, 1.82) is 0 Å². The van der Waals surface area contributed by atoms with Gasteiger partial charge in [0.25, 0.3) is 5.56 Å². The third-order valence-corrected chi connectivity index (χ3v) is 4.09. The van der Waals surface area contributed by atoms with Crippen molar-refractivity contribution in [3.8, 4) is 0 Å². The molecule has 0 unspecified atom stereocenters. The van der Waals surface area contributed by atoms with Gasteiger partial charge in [-0.2, -0.15) is 0 Å². The molecule has 2 aromatic carbocycles. The van der Waals surface area contributed by atoms with Gasteiger partial charge >= 0.3 is 0 Å². The molecule has 0 aliphatic heterocycles. The molecule has 25 heavy (non-hydrogen) atoms. The van der Waals surface area contributed by atoms with Crippen LogP contribution < -0.4 is 10.9 Å². The molecule has 0 radical (unpaired) electrons. The Labute approximate surface area is 148 Å². The molecule has 0 aliphatic carbocycles. The van der Waals surface area contributed by atoms with Crippen LogP contribution in [0.1, 0.15) is 12.2 Å². The van der Waals surface area contributed by atoms with Crippen LogP contribution in [0.15, 0.2) is 47.3 Å². The summed E-state index contributed by atoms with van der Waals surface area (Å²) in [5.41, 5.74) is 0.490. The van der Waals surface area contributed by atoms with E-state index in [1.807, 2.05) is 0 Å². The third-order valence-electron chi connectivity index (χ3n) is 3.86. The number of carbonyl (C=O) groups is 1. The molecule has 0 spiro atoms. The van der Waals surface area contributed by atoms with Gasteiger partial charge in [0.05, 0.1) is 16.6 Å². The van der Waals surface area contributed by atoms with Crippen molar-refractivity contribution >= 4 is 34.1 Å². The van der Waals surface area contributed by atoms with Gasteiger partial charge in [-0.3, -0.25) is 14.2 Å². The van der Waals surface area contributed by atoms with Crippen LogP contribution in [0.5, 0.6) is 0 Å². The number of halogens is 2. The lowest BCUT2D eigenvalue weighted by atomic mass is 10.2. The zero-order valence-electron chi connectivity index (χ0n) is 13.4. The number of aromatic nitrogens is 2. The summed E-state index contributed by atoms with van der Waals surface area (Å²) in [7, 11) is 1.62. The quantitative estimate of drug-likeness (QED) is 0.777. The van der Waals surface area contributed by atoms with Crippen LogP contribution in [-0.4, -0.2) is 15.5 Å². The lowest BCUT2D eigenvalue weighted by Gasteiger charge is -2.10. The van der Waals surface area contributed by atoms with Gasteiger partial charge in [-0.15, -0.1) is 0 Å². The summed E-state index contributed by atoms with van der Waals surface area (Å²) in [5, 5.41) is 3.28. The van der Waals surface area contributed by atoms with E-state index in [1.54, 1.807) is 31.3 Å². The highest BCUT2D eigenvalue weighted by atomic mass is 35.5. The second-order valence-corrected chi connectivity index (χ2v) is 6.02. The van der Waals surface area contributed by atoms with Crippen LogP contribution in [-0.2, 0) is 18.3 Å². The monoisotopic (exact) mass is 359 g/mol. The van der Waals surface area contributed by atoms with E-state index >= 15 is 0 Å². The normalized spacial score (nSPS) is 10.8. The molecule has 7 heteroatoms. The van der Waals surface area contributed by atoms with E-state index in [1.165, 1.54) is 16.7 Å². The summed E-state index contributed by atoms with van der Waals surface area (Å²) in [5.74, 6) is -0.476. The first-order chi connectivity index (χ1) is 12.0. The highest BCUT2D eigenvalue weighted by Gasteiger charge is 2.11. The summed E-state index contributed by atoms with van der Waals surface area (Å²) >= 11 is 5.68. The van der Waals surface area contributed by atoms with Gasteiger partial charge in [0.2, 0.25) is 5.91 Å². The van der Waals surface area contributed by atoms with Gasteiger partial charge < -0.3 is 5.32 Å². The lowest BCUT2D eigenvalue weighted by Crippen LogP contribution is -2.23. The second-order valence-electron chi connectivity index (χ2n) is 5.58. The van der Waals surface area contributed by atoms with Crippen LogP contribution >= 0.6 is 11.6 Å². The standard InChI is InChI=1S/C18H15ClFN3O2/c1-23-16(21-14-5-3-2-4-12(14)18(23)25)8-9-17(24)22-15-7-6-11(19)10-13(15)20/h2-7,10H,8-9H2,1H3,(H,22,24). The number of aryl methyl sites for hydroxylation is 1. The summed E-state index contributed by atoms with van der Waals surface area (Å²) in [4.78, 5) is 28.8. The number of nitrogens with one attached hydrogen (secondary N) is 1. The summed E-state index contributed by atoms with van der Waals surface area (Å²) < 4.78 is 15.1. The first-order valence-corrected chi connectivity index (χ1v) is 8.03. The zero-order chi connectivity index (χ0) is 18.0. The summed E-state index contributed by atoms with van der Waals surface area (Å²) in [6.07, 6.45) is 0.332. The number of hydrogen-bond acceptors (Lipinski definition) is 3. The van der Waals surface area contributed by atoms with Crippen LogP contribution in [0.3, 0.4) is 0 Å². The third kappa shape index (κ3) is 3.69. The smallest absolute Gasteiger partial charge is 0.261 e. The molecule has 0 fully saturated rings. The predicted molar refractivity (Wildman–Crippen MR) is 95.3 cm³/mol. The first kappa shape index (κ1) is 17.1. The first-order valence-electron chi connectivity index (χ1n) is 7.65. The molecule has 0 saturated heterocycles. The molecule has 1 N–H and O–H groups in total. The van der Waals surface area contributed by atoms with Crippen LogP contribution in [0.4, 0.5) is 10.1 Å². The van der Waals surface area contributed by atoms with Crippen molar-refractivity contribution in [1.82, 2.24) is 9.55 Å². The van der Waals surface area contributed by atoms with Gasteiger partial charge in [-0.05, 0) is 30.3 Å². The number of fused-ring (bicyclic) bond motifs is 1. The number of hydrogen-bond donors (Lipinski definition) is 1. The number of carbonyl (C=O) groups excluding carboxylic acids is 1. The molecule has 1 heterocycles. The second kappa shape index (κ2) is 7.03. The van der Waals surface area contributed by atoms with E-state index in [4.69, 9.17) is 11.6 Å². The molecule has 3 rings (SSSR count). The SMILES string of the molecule is Cn1c(CCC(=O)Nc2ccc(Cl)cc2F)nc2ccccc2c1=O. The van der Waals surface area contributed by atoms with Crippen molar-refractivity contribution in [3.63, 3.8) is 0 Å².